The van der Waals surface area contributed by atoms with Gasteiger partial charge in [-0.05, 0) is 56.5 Å². The first kappa shape index (κ1) is 13.3. The highest BCUT2D eigenvalue weighted by atomic mass is 19.1. The van der Waals surface area contributed by atoms with E-state index in [0.29, 0.717) is 6.61 Å². The van der Waals surface area contributed by atoms with Crippen LogP contribution < -0.4 is 10.1 Å². The summed E-state index contributed by atoms with van der Waals surface area (Å²) in [5.74, 6) is 0.583. The van der Waals surface area contributed by atoms with Crippen molar-refractivity contribution in [3.63, 3.8) is 0 Å². The van der Waals surface area contributed by atoms with E-state index in [4.69, 9.17) is 4.74 Å². The van der Waals surface area contributed by atoms with Crippen LogP contribution in [0.1, 0.15) is 37.7 Å². The lowest BCUT2D eigenvalue weighted by atomic mass is 10.2. The molecule has 1 saturated carbocycles. The summed E-state index contributed by atoms with van der Waals surface area (Å²) in [6.45, 7) is 3.56. The van der Waals surface area contributed by atoms with Crippen LogP contribution in [0, 0.1) is 12.7 Å². The smallest absolute Gasteiger partial charge is 0.123 e. The Hall–Kier alpha value is -1.09. The molecule has 0 bridgehead atoms. The highest BCUT2D eigenvalue weighted by molar-refractivity contribution is 5.32. The van der Waals surface area contributed by atoms with Crippen molar-refractivity contribution >= 4 is 0 Å². The molecule has 0 aliphatic heterocycles. The van der Waals surface area contributed by atoms with Gasteiger partial charge in [-0.25, -0.2) is 4.39 Å². The average molecular weight is 251 g/mol. The van der Waals surface area contributed by atoms with E-state index in [-0.39, 0.29) is 5.82 Å². The van der Waals surface area contributed by atoms with Gasteiger partial charge in [-0.2, -0.15) is 0 Å². The summed E-state index contributed by atoms with van der Waals surface area (Å²) < 4.78 is 18.5. The fourth-order valence-electron chi connectivity index (χ4n) is 2.47. The first-order chi connectivity index (χ1) is 8.75. The van der Waals surface area contributed by atoms with Gasteiger partial charge < -0.3 is 10.1 Å². The van der Waals surface area contributed by atoms with Crippen molar-refractivity contribution in [2.75, 3.05) is 13.2 Å². The van der Waals surface area contributed by atoms with E-state index in [0.717, 1.165) is 30.3 Å². The van der Waals surface area contributed by atoms with Crippen LogP contribution in [0.5, 0.6) is 5.75 Å². The molecule has 0 amide bonds. The van der Waals surface area contributed by atoms with Crippen LogP contribution in [-0.2, 0) is 0 Å². The Morgan fingerprint density at radius 1 is 1.33 bits per heavy atom. The summed E-state index contributed by atoms with van der Waals surface area (Å²) in [7, 11) is 0. The molecule has 0 atom stereocenters. The maximum absolute atomic E-state index is 12.9. The van der Waals surface area contributed by atoms with Crippen LogP contribution in [-0.4, -0.2) is 19.2 Å². The number of aryl methyl sites for hydroxylation is 1. The van der Waals surface area contributed by atoms with Gasteiger partial charge in [0.05, 0.1) is 6.61 Å². The molecule has 3 heteroatoms. The third kappa shape index (κ3) is 3.98. The average Bonchev–Trinajstić information content (AvgIpc) is 2.84. The molecule has 0 radical (unpaired) electrons. The van der Waals surface area contributed by atoms with Gasteiger partial charge in [0.2, 0.25) is 0 Å². The lowest BCUT2D eigenvalue weighted by molar-refractivity contribution is 0.302. The van der Waals surface area contributed by atoms with Crippen LogP contribution in [0.15, 0.2) is 18.2 Å². The fraction of sp³-hybridized carbons (Fsp3) is 0.600. The maximum Gasteiger partial charge on any atom is 0.123 e. The maximum atomic E-state index is 12.9. The lowest BCUT2D eigenvalue weighted by Crippen LogP contribution is -2.27. The Morgan fingerprint density at radius 2 is 2.11 bits per heavy atom. The van der Waals surface area contributed by atoms with E-state index in [1.165, 1.54) is 37.8 Å². The standard InChI is InChI=1S/C15H22FNO/c1-12-11-13(16)7-8-15(12)18-10-4-9-17-14-5-2-3-6-14/h7-8,11,14,17H,2-6,9-10H2,1H3. The molecule has 1 N–H and O–H groups in total. The summed E-state index contributed by atoms with van der Waals surface area (Å²) >= 11 is 0. The van der Waals surface area contributed by atoms with E-state index in [1.54, 1.807) is 6.07 Å². The molecule has 2 nitrogen and oxygen atoms in total. The Morgan fingerprint density at radius 3 is 2.83 bits per heavy atom. The van der Waals surface area contributed by atoms with E-state index >= 15 is 0 Å². The summed E-state index contributed by atoms with van der Waals surface area (Å²) in [5, 5.41) is 3.55. The molecule has 0 spiro atoms. The molecular weight excluding hydrogens is 229 g/mol. The number of halogens is 1. The quantitative estimate of drug-likeness (QED) is 0.782. The van der Waals surface area contributed by atoms with E-state index in [9.17, 15) is 4.39 Å². The van der Waals surface area contributed by atoms with Gasteiger partial charge in [0.1, 0.15) is 11.6 Å². The predicted molar refractivity (Wildman–Crippen MR) is 71.5 cm³/mol. The number of nitrogens with one attached hydrogen (secondary N) is 1. The Labute approximate surface area is 109 Å². The molecule has 100 valence electrons. The molecule has 1 aromatic carbocycles. The van der Waals surface area contributed by atoms with Crippen molar-refractivity contribution in [2.45, 2.75) is 45.1 Å². The van der Waals surface area contributed by atoms with Crippen molar-refractivity contribution in [1.29, 1.82) is 0 Å². The van der Waals surface area contributed by atoms with Crippen molar-refractivity contribution in [3.05, 3.63) is 29.6 Å². The largest absolute Gasteiger partial charge is 0.493 e. The summed E-state index contributed by atoms with van der Waals surface area (Å²) in [6, 6.07) is 5.37. The van der Waals surface area contributed by atoms with Crippen LogP contribution >= 0.6 is 0 Å². The molecule has 0 aromatic heterocycles. The number of hydrogen-bond acceptors (Lipinski definition) is 2. The molecule has 0 saturated heterocycles. The molecule has 1 aromatic rings. The van der Waals surface area contributed by atoms with Crippen molar-refractivity contribution in [3.8, 4) is 5.75 Å². The first-order valence-electron chi connectivity index (χ1n) is 6.88. The monoisotopic (exact) mass is 251 g/mol. The number of ether oxygens (including phenoxy) is 1. The molecule has 0 heterocycles. The van der Waals surface area contributed by atoms with Crippen LogP contribution in [0.4, 0.5) is 4.39 Å². The zero-order chi connectivity index (χ0) is 12.8. The van der Waals surface area contributed by atoms with Crippen molar-refractivity contribution in [1.82, 2.24) is 5.32 Å². The fourth-order valence-corrected chi connectivity index (χ4v) is 2.47. The summed E-state index contributed by atoms with van der Waals surface area (Å²) in [5.41, 5.74) is 0.860. The highest BCUT2D eigenvalue weighted by Crippen LogP contribution is 2.19. The van der Waals surface area contributed by atoms with Gasteiger partial charge in [0.15, 0.2) is 0 Å². The van der Waals surface area contributed by atoms with Crippen LogP contribution in [0.3, 0.4) is 0 Å². The Kier molecular flexibility index (Phi) is 5.00. The SMILES string of the molecule is Cc1cc(F)ccc1OCCCNC1CCCC1. The van der Waals surface area contributed by atoms with Gasteiger partial charge in [0.25, 0.3) is 0 Å². The molecule has 1 aliphatic rings. The third-order valence-corrected chi connectivity index (χ3v) is 3.50. The van der Waals surface area contributed by atoms with E-state index in [2.05, 4.69) is 5.32 Å². The predicted octanol–water partition coefficient (Wildman–Crippen LogP) is 3.44. The summed E-state index contributed by atoms with van der Waals surface area (Å²) in [4.78, 5) is 0. The van der Waals surface area contributed by atoms with Crippen LogP contribution in [0.2, 0.25) is 0 Å². The normalized spacial score (nSPS) is 16.1. The minimum atomic E-state index is -0.206. The molecule has 1 aliphatic carbocycles. The first-order valence-corrected chi connectivity index (χ1v) is 6.88. The van der Waals surface area contributed by atoms with Gasteiger partial charge in [0, 0.05) is 6.04 Å². The zero-order valence-electron chi connectivity index (χ0n) is 11.0. The second-order valence-electron chi connectivity index (χ2n) is 5.05. The third-order valence-electron chi connectivity index (χ3n) is 3.50. The molecule has 18 heavy (non-hydrogen) atoms. The van der Waals surface area contributed by atoms with Crippen LogP contribution in [0.25, 0.3) is 0 Å². The zero-order valence-corrected chi connectivity index (χ0v) is 11.0. The van der Waals surface area contributed by atoms with Crippen molar-refractivity contribution in [2.24, 2.45) is 0 Å². The lowest BCUT2D eigenvalue weighted by Gasteiger charge is -2.12. The minimum absolute atomic E-state index is 0.206. The van der Waals surface area contributed by atoms with E-state index < -0.39 is 0 Å². The van der Waals surface area contributed by atoms with E-state index in [1.807, 2.05) is 6.92 Å². The highest BCUT2D eigenvalue weighted by Gasteiger charge is 2.13. The molecule has 2 rings (SSSR count). The van der Waals surface area contributed by atoms with Crippen molar-refractivity contribution < 1.29 is 9.13 Å². The number of rotatable bonds is 6. The minimum Gasteiger partial charge on any atom is -0.493 e. The molecule has 1 fully saturated rings. The molecule has 0 unspecified atom stereocenters. The second kappa shape index (κ2) is 6.74. The Bertz CT molecular complexity index is 375. The van der Waals surface area contributed by atoms with Gasteiger partial charge in [-0.15, -0.1) is 0 Å². The second-order valence-corrected chi connectivity index (χ2v) is 5.05. The summed E-state index contributed by atoms with van der Waals surface area (Å²) in [6.07, 6.45) is 6.36. The van der Waals surface area contributed by atoms with Gasteiger partial charge in [-0.3, -0.25) is 0 Å². The Balaban J connectivity index is 1.62. The number of hydrogen-bond donors (Lipinski definition) is 1. The van der Waals surface area contributed by atoms with Gasteiger partial charge >= 0.3 is 0 Å². The van der Waals surface area contributed by atoms with Gasteiger partial charge in [-0.1, -0.05) is 12.8 Å². The molecular formula is C15H22FNO. The number of benzene rings is 1. The topological polar surface area (TPSA) is 21.3 Å².